The molecule has 0 aliphatic heterocycles. The van der Waals surface area contributed by atoms with E-state index >= 15 is 0 Å². The van der Waals surface area contributed by atoms with Crippen molar-refractivity contribution in [3.63, 3.8) is 0 Å². The molecule has 16 heavy (non-hydrogen) atoms. The third-order valence-electron chi connectivity index (χ3n) is 2.48. The molecular formula is C11H16ClNO2S. The van der Waals surface area contributed by atoms with Gasteiger partial charge in [0.25, 0.3) is 0 Å². The Balaban J connectivity index is 2.27. The molecule has 5 heteroatoms. The summed E-state index contributed by atoms with van der Waals surface area (Å²) in [6.45, 7) is 4.84. The average molecular weight is 262 g/mol. The van der Waals surface area contributed by atoms with Crippen LogP contribution in [0.25, 0.3) is 0 Å². The first-order valence-electron chi connectivity index (χ1n) is 5.09. The SMILES string of the molecule is CC(C)(CCNCc1sccc1Cl)C(=O)O. The summed E-state index contributed by atoms with van der Waals surface area (Å²) >= 11 is 7.54. The zero-order valence-electron chi connectivity index (χ0n) is 9.42. The average Bonchev–Trinajstić information content (AvgIpc) is 2.59. The van der Waals surface area contributed by atoms with Crippen molar-refractivity contribution in [3.8, 4) is 0 Å². The quantitative estimate of drug-likeness (QED) is 0.774. The van der Waals surface area contributed by atoms with Crippen LogP contribution >= 0.6 is 22.9 Å². The lowest BCUT2D eigenvalue weighted by Crippen LogP contribution is -2.28. The summed E-state index contributed by atoms with van der Waals surface area (Å²) in [6.07, 6.45) is 0.603. The van der Waals surface area contributed by atoms with Crippen molar-refractivity contribution in [2.45, 2.75) is 26.8 Å². The first kappa shape index (κ1) is 13.5. The van der Waals surface area contributed by atoms with E-state index in [1.165, 1.54) is 0 Å². The first-order chi connectivity index (χ1) is 7.43. The Labute approximate surface area is 104 Å². The van der Waals surface area contributed by atoms with E-state index in [1.54, 1.807) is 25.2 Å². The van der Waals surface area contributed by atoms with E-state index < -0.39 is 11.4 Å². The van der Waals surface area contributed by atoms with Gasteiger partial charge in [-0.15, -0.1) is 11.3 Å². The lowest BCUT2D eigenvalue weighted by molar-refractivity contribution is -0.147. The van der Waals surface area contributed by atoms with Crippen molar-refractivity contribution in [3.05, 3.63) is 21.3 Å². The topological polar surface area (TPSA) is 49.3 Å². The highest BCUT2D eigenvalue weighted by Gasteiger charge is 2.26. The largest absolute Gasteiger partial charge is 0.481 e. The fourth-order valence-corrected chi connectivity index (χ4v) is 2.23. The van der Waals surface area contributed by atoms with E-state index in [-0.39, 0.29) is 0 Å². The molecule has 0 amide bonds. The number of carbonyl (C=O) groups is 1. The summed E-state index contributed by atoms with van der Waals surface area (Å²) in [4.78, 5) is 11.9. The maximum absolute atomic E-state index is 10.9. The summed E-state index contributed by atoms with van der Waals surface area (Å²) in [7, 11) is 0. The molecule has 2 N–H and O–H groups in total. The lowest BCUT2D eigenvalue weighted by atomic mass is 9.90. The summed E-state index contributed by atoms with van der Waals surface area (Å²) in [6, 6.07) is 1.87. The highest BCUT2D eigenvalue weighted by molar-refractivity contribution is 7.10. The van der Waals surface area contributed by atoms with E-state index in [0.717, 1.165) is 9.90 Å². The van der Waals surface area contributed by atoms with E-state index in [2.05, 4.69) is 5.32 Å². The van der Waals surface area contributed by atoms with Crippen molar-refractivity contribution >= 4 is 28.9 Å². The molecule has 3 nitrogen and oxygen atoms in total. The molecule has 0 saturated heterocycles. The number of hydrogen-bond donors (Lipinski definition) is 2. The van der Waals surface area contributed by atoms with Gasteiger partial charge in [0.15, 0.2) is 0 Å². The maximum atomic E-state index is 10.9. The van der Waals surface area contributed by atoms with Crippen molar-refractivity contribution in [2.75, 3.05) is 6.54 Å². The number of carboxylic acids is 1. The molecule has 0 aliphatic rings. The molecule has 1 heterocycles. The van der Waals surface area contributed by atoms with E-state index in [1.807, 2.05) is 11.4 Å². The van der Waals surface area contributed by atoms with Gasteiger partial charge in [-0.25, -0.2) is 0 Å². The van der Waals surface area contributed by atoms with Crippen molar-refractivity contribution in [2.24, 2.45) is 5.41 Å². The van der Waals surface area contributed by atoms with Crippen LogP contribution < -0.4 is 5.32 Å². The van der Waals surface area contributed by atoms with Gasteiger partial charge in [-0.1, -0.05) is 11.6 Å². The van der Waals surface area contributed by atoms with E-state index in [9.17, 15) is 4.79 Å². The second-order valence-corrected chi connectivity index (χ2v) is 5.72. The number of thiophene rings is 1. The molecule has 0 unspecified atom stereocenters. The van der Waals surface area contributed by atoms with Gasteiger partial charge in [-0.2, -0.15) is 0 Å². The van der Waals surface area contributed by atoms with Crippen LogP contribution in [0.15, 0.2) is 11.4 Å². The first-order valence-corrected chi connectivity index (χ1v) is 6.35. The number of nitrogens with one attached hydrogen (secondary N) is 1. The monoisotopic (exact) mass is 261 g/mol. The van der Waals surface area contributed by atoms with Gasteiger partial charge in [0, 0.05) is 11.4 Å². The Hall–Kier alpha value is -0.580. The Morgan fingerprint density at radius 3 is 2.81 bits per heavy atom. The molecular weight excluding hydrogens is 246 g/mol. The number of aliphatic carboxylic acids is 1. The van der Waals surface area contributed by atoms with Crippen LogP contribution in [0.1, 0.15) is 25.1 Å². The standard InChI is InChI=1S/C11H16ClNO2S/c1-11(2,10(14)15)4-5-13-7-9-8(12)3-6-16-9/h3,6,13H,4-5,7H2,1-2H3,(H,14,15). The summed E-state index contributed by atoms with van der Waals surface area (Å²) < 4.78 is 0. The Kier molecular flexibility index (Phi) is 4.77. The summed E-state index contributed by atoms with van der Waals surface area (Å²) in [5.41, 5.74) is -0.674. The Morgan fingerprint density at radius 1 is 1.62 bits per heavy atom. The highest BCUT2D eigenvalue weighted by atomic mass is 35.5. The van der Waals surface area contributed by atoms with Crippen molar-refractivity contribution < 1.29 is 9.90 Å². The molecule has 0 fully saturated rings. The van der Waals surface area contributed by atoms with Crippen LogP contribution in [0.4, 0.5) is 0 Å². The smallest absolute Gasteiger partial charge is 0.309 e. The lowest BCUT2D eigenvalue weighted by Gasteiger charge is -2.18. The van der Waals surface area contributed by atoms with Crippen LogP contribution in [0.2, 0.25) is 5.02 Å². The van der Waals surface area contributed by atoms with Gasteiger partial charge < -0.3 is 10.4 Å². The molecule has 90 valence electrons. The number of hydrogen-bond acceptors (Lipinski definition) is 3. The van der Waals surface area contributed by atoms with Crippen molar-refractivity contribution in [1.29, 1.82) is 0 Å². The summed E-state index contributed by atoms with van der Waals surface area (Å²) in [5.74, 6) is -0.761. The maximum Gasteiger partial charge on any atom is 0.309 e. The second-order valence-electron chi connectivity index (χ2n) is 4.31. The minimum Gasteiger partial charge on any atom is -0.481 e. The van der Waals surface area contributed by atoms with E-state index in [4.69, 9.17) is 16.7 Å². The van der Waals surface area contributed by atoms with Gasteiger partial charge in [0.2, 0.25) is 0 Å². The zero-order chi connectivity index (χ0) is 12.2. The van der Waals surface area contributed by atoms with Gasteiger partial charge in [0.05, 0.1) is 10.4 Å². The predicted molar refractivity (Wildman–Crippen MR) is 67.1 cm³/mol. The third-order valence-corrected chi connectivity index (χ3v) is 3.87. The highest BCUT2D eigenvalue weighted by Crippen LogP contribution is 2.22. The third kappa shape index (κ3) is 3.77. The van der Waals surface area contributed by atoms with Gasteiger partial charge in [-0.3, -0.25) is 4.79 Å². The van der Waals surface area contributed by atoms with Crippen molar-refractivity contribution in [1.82, 2.24) is 5.32 Å². The zero-order valence-corrected chi connectivity index (χ0v) is 11.0. The fourth-order valence-electron chi connectivity index (χ4n) is 1.16. The molecule has 0 saturated carbocycles. The molecule has 0 aliphatic carbocycles. The Morgan fingerprint density at radius 2 is 2.31 bits per heavy atom. The molecule has 0 radical (unpaired) electrons. The number of rotatable bonds is 6. The molecule has 1 aromatic rings. The number of carboxylic acid groups (broad SMARTS) is 1. The molecule has 1 aromatic heterocycles. The predicted octanol–water partition coefficient (Wildman–Crippen LogP) is 2.99. The van der Waals surface area contributed by atoms with E-state index in [0.29, 0.717) is 19.5 Å². The molecule has 1 rings (SSSR count). The van der Waals surface area contributed by atoms with Crippen LogP contribution in [0.3, 0.4) is 0 Å². The van der Waals surface area contributed by atoms with Crippen LogP contribution in [0, 0.1) is 5.41 Å². The van der Waals surface area contributed by atoms with Gasteiger partial charge in [-0.05, 0) is 38.3 Å². The van der Waals surface area contributed by atoms with Crippen LogP contribution in [0.5, 0.6) is 0 Å². The molecule has 0 atom stereocenters. The molecule has 0 aromatic carbocycles. The van der Waals surface area contributed by atoms with Crippen LogP contribution in [-0.4, -0.2) is 17.6 Å². The normalized spacial score (nSPS) is 11.7. The minimum atomic E-state index is -0.761. The Bertz CT molecular complexity index is 363. The minimum absolute atomic E-state index is 0.603. The molecule has 0 spiro atoms. The van der Waals surface area contributed by atoms with Crippen LogP contribution in [-0.2, 0) is 11.3 Å². The summed E-state index contributed by atoms with van der Waals surface area (Å²) in [5, 5.41) is 14.8. The van der Waals surface area contributed by atoms with Gasteiger partial charge >= 0.3 is 5.97 Å². The number of halogens is 1. The molecule has 0 bridgehead atoms. The fraction of sp³-hybridized carbons (Fsp3) is 0.545. The van der Waals surface area contributed by atoms with Gasteiger partial charge in [0.1, 0.15) is 0 Å². The second kappa shape index (κ2) is 5.66.